The first-order valence-corrected chi connectivity index (χ1v) is 6.13. The molecular formula is C12H16N4O4. The molecule has 1 heterocycles. The number of primary amides is 1. The van der Waals surface area contributed by atoms with Gasteiger partial charge in [-0.15, -0.1) is 0 Å². The van der Waals surface area contributed by atoms with Gasteiger partial charge in [0.2, 0.25) is 5.91 Å². The SMILES string of the molecule is COc1ccc(N2CCNCC2C(N)=O)c([N+](=O)[O-])c1. The number of nitrogens with one attached hydrogen (secondary N) is 1. The van der Waals surface area contributed by atoms with E-state index in [1.165, 1.54) is 13.2 Å². The molecular weight excluding hydrogens is 264 g/mol. The van der Waals surface area contributed by atoms with Crippen molar-refractivity contribution in [1.29, 1.82) is 0 Å². The molecule has 0 saturated carbocycles. The number of nitrogens with two attached hydrogens (primary N) is 1. The van der Waals surface area contributed by atoms with Gasteiger partial charge in [0.05, 0.1) is 18.1 Å². The van der Waals surface area contributed by atoms with Crippen molar-refractivity contribution >= 4 is 17.3 Å². The molecule has 1 amide bonds. The van der Waals surface area contributed by atoms with Gasteiger partial charge in [-0.2, -0.15) is 0 Å². The lowest BCUT2D eigenvalue weighted by molar-refractivity contribution is -0.384. The molecule has 20 heavy (non-hydrogen) atoms. The number of anilines is 1. The molecule has 0 bridgehead atoms. The highest BCUT2D eigenvalue weighted by molar-refractivity contribution is 5.85. The summed E-state index contributed by atoms with van der Waals surface area (Å²) in [6, 6.07) is 3.95. The molecule has 1 atom stereocenters. The predicted molar refractivity (Wildman–Crippen MR) is 72.8 cm³/mol. The second-order valence-corrected chi connectivity index (χ2v) is 4.43. The minimum Gasteiger partial charge on any atom is -0.496 e. The molecule has 8 nitrogen and oxygen atoms in total. The second-order valence-electron chi connectivity index (χ2n) is 4.43. The summed E-state index contributed by atoms with van der Waals surface area (Å²) >= 11 is 0. The van der Waals surface area contributed by atoms with E-state index in [4.69, 9.17) is 10.5 Å². The van der Waals surface area contributed by atoms with Crippen LogP contribution >= 0.6 is 0 Å². The highest BCUT2D eigenvalue weighted by atomic mass is 16.6. The first kappa shape index (κ1) is 14.1. The Balaban J connectivity index is 2.44. The van der Waals surface area contributed by atoms with Crippen molar-refractivity contribution in [3.63, 3.8) is 0 Å². The van der Waals surface area contributed by atoms with Gasteiger partial charge in [-0.25, -0.2) is 0 Å². The van der Waals surface area contributed by atoms with E-state index < -0.39 is 16.9 Å². The molecule has 2 rings (SSSR count). The van der Waals surface area contributed by atoms with Crippen molar-refractivity contribution in [2.45, 2.75) is 6.04 Å². The average molecular weight is 280 g/mol. The Morgan fingerprint density at radius 3 is 2.95 bits per heavy atom. The third-order valence-electron chi connectivity index (χ3n) is 3.26. The van der Waals surface area contributed by atoms with E-state index in [1.54, 1.807) is 17.0 Å². The van der Waals surface area contributed by atoms with Crippen LogP contribution in [-0.4, -0.2) is 43.6 Å². The average Bonchev–Trinajstić information content (AvgIpc) is 2.46. The van der Waals surface area contributed by atoms with Crippen LogP contribution in [0.4, 0.5) is 11.4 Å². The molecule has 1 saturated heterocycles. The summed E-state index contributed by atoms with van der Waals surface area (Å²) in [6.45, 7) is 1.48. The largest absolute Gasteiger partial charge is 0.496 e. The monoisotopic (exact) mass is 280 g/mol. The fourth-order valence-corrected chi connectivity index (χ4v) is 2.27. The number of hydrogen-bond acceptors (Lipinski definition) is 6. The van der Waals surface area contributed by atoms with Crippen LogP contribution < -0.4 is 20.7 Å². The molecule has 0 aliphatic carbocycles. The van der Waals surface area contributed by atoms with Crippen molar-refractivity contribution < 1.29 is 14.5 Å². The normalized spacial score (nSPS) is 18.6. The van der Waals surface area contributed by atoms with Crippen LogP contribution in [0, 0.1) is 10.1 Å². The van der Waals surface area contributed by atoms with E-state index in [0.717, 1.165) is 0 Å². The topological polar surface area (TPSA) is 111 Å². The van der Waals surface area contributed by atoms with Gasteiger partial charge in [0, 0.05) is 19.6 Å². The van der Waals surface area contributed by atoms with E-state index in [-0.39, 0.29) is 5.69 Å². The second kappa shape index (κ2) is 5.74. The maximum atomic E-state index is 11.5. The van der Waals surface area contributed by atoms with Crippen LogP contribution in [0.15, 0.2) is 18.2 Å². The van der Waals surface area contributed by atoms with E-state index >= 15 is 0 Å². The minimum absolute atomic E-state index is 0.0995. The quantitative estimate of drug-likeness (QED) is 0.587. The number of carbonyl (C=O) groups is 1. The zero-order valence-electron chi connectivity index (χ0n) is 11.0. The van der Waals surface area contributed by atoms with E-state index in [0.29, 0.717) is 31.1 Å². The number of nitro benzene ring substituents is 1. The first-order valence-electron chi connectivity index (χ1n) is 6.13. The summed E-state index contributed by atoms with van der Waals surface area (Å²) in [5, 5.41) is 14.3. The highest BCUT2D eigenvalue weighted by Crippen LogP contribution is 2.33. The zero-order valence-corrected chi connectivity index (χ0v) is 11.0. The summed E-state index contributed by atoms with van der Waals surface area (Å²) in [5.74, 6) is -0.117. The highest BCUT2D eigenvalue weighted by Gasteiger charge is 2.31. The fraction of sp³-hybridized carbons (Fsp3) is 0.417. The molecule has 1 aromatic rings. The van der Waals surface area contributed by atoms with Crippen LogP contribution in [-0.2, 0) is 4.79 Å². The number of ether oxygens (including phenoxy) is 1. The molecule has 3 N–H and O–H groups in total. The van der Waals surface area contributed by atoms with Gasteiger partial charge in [-0.3, -0.25) is 14.9 Å². The molecule has 1 aromatic carbocycles. The number of methoxy groups -OCH3 is 1. The van der Waals surface area contributed by atoms with E-state index in [1.807, 2.05) is 0 Å². The smallest absolute Gasteiger partial charge is 0.296 e. The maximum absolute atomic E-state index is 11.5. The number of nitro groups is 1. The Morgan fingerprint density at radius 2 is 2.35 bits per heavy atom. The fourth-order valence-electron chi connectivity index (χ4n) is 2.27. The summed E-state index contributed by atoms with van der Waals surface area (Å²) in [6.07, 6.45) is 0. The number of benzene rings is 1. The molecule has 0 aromatic heterocycles. The third-order valence-corrected chi connectivity index (χ3v) is 3.26. The zero-order chi connectivity index (χ0) is 14.7. The van der Waals surface area contributed by atoms with Crippen molar-refractivity contribution in [2.24, 2.45) is 5.73 Å². The summed E-state index contributed by atoms with van der Waals surface area (Å²) in [5.41, 5.74) is 5.64. The van der Waals surface area contributed by atoms with Gasteiger partial charge in [0.1, 0.15) is 17.5 Å². The molecule has 0 radical (unpaired) electrons. The molecule has 0 spiro atoms. The van der Waals surface area contributed by atoms with Crippen LogP contribution in [0.25, 0.3) is 0 Å². The lowest BCUT2D eigenvalue weighted by Crippen LogP contribution is -2.57. The summed E-state index contributed by atoms with van der Waals surface area (Å²) in [4.78, 5) is 23.9. The Labute approximate surface area is 115 Å². The number of rotatable bonds is 4. The Bertz CT molecular complexity index is 534. The number of nitrogens with zero attached hydrogens (tertiary/aromatic N) is 2. The molecule has 1 aliphatic heterocycles. The van der Waals surface area contributed by atoms with Crippen LogP contribution in [0.5, 0.6) is 5.75 Å². The molecule has 8 heteroatoms. The lowest BCUT2D eigenvalue weighted by Gasteiger charge is -2.35. The molecule has 1 unspecified atom stereocenters. The van der Waals surface area contributed by atoms with Crippen molar-refractivity contribution in [3.8, 4) is 5.75 Å². The standard InChI is InChI=1S/C12H16N4O4/c1-20-8-2-3-9(10(6-8)16(18)19)15-5-4-14-7-11(15)12(13)17/h2-3,6,11,14H,4-5,7H2,1H3,(H2,13,17). The molecule has 108 valence electrons. The van der Waals surface area contributed by atoms with Gasteiger partial charge in [0.15, 0.2) is 0 Å². The first-order chi connectivity index (χ1) is 9.54. The van der Waals surface area contributed by atoms with Gasteiger partial charge < -0.3 is 20.7 Å². The van der Waals surface area contributed by atoms with Crippen LogP contribution in [0.3, 0.4) is 0 Å². The van der Waals surface area contributed by atoms with Crippen LogP contribution in [0.2, 0.25) is 0 Å². The Kier molecular flexibility index (Phi) is 4.04. The molecule has 1 aliphatic rings. The minimum atomic E-state index is -0.601. The molecule has 1 fully saturated rings. The predicted octanol–water partition coefficient (Wildman–Crippen LogP) is -0.133. The van der Waals surface area contributed by atoms with Gasteiger partial charge >= 0.3 is 0 Å². The van der Waals surface area contributed by atoms with Gasteiger partial charge in [-0.05, 0) is 12.1 Å². The van der Waals surface area contributed by atoms with Crippen molar-refractivity contribution in [2.75, 3.05) is 31.6 Å². The number of piperazine rings is 1. The number of amides is 1. The lowest BCUT2D eigenvalue weighted by atomic mass is 10.1. The van der Waals surface area contributed by atoms with E-state index in [2.05, 4.69) is 5.32 Å². The van der Waals surface area contributed by atoms with Gasteiger partial charge in [-0.1, -0.05) is 0 Å². The Morgan fingerprint density at radius 1 is 1.60 bits per heavy atom. The van der Waals surface area contributed by atoms with E-state index in [9.17, 15) is 14.9 Å². The third kappa shape index (κ3) is 2.64. The number of hydrogen-bond donors (Lipinski definition) is 2. The van der Waals surface area contributed by atoms with Gasteiger partial charge in [0.25, 0.3) is 5.69 Å². The van der Waals surface area contributed by atoms with Crippen molar-refractivity contribution in [1.82, 2.24) is 5.32 Å². The summed E-state index contributed by atoms with van der Waals surface area (Å²) in [7, 11) is 1.44. The number of carbonyl (C=O) groups excluding carboxylic acids is 1. The van der Waals surface area contributed by atoms with Crippen LogP contribution in [0.1, 0.15) is 0 Å². The van der Waals surface area contributed by atoms with Crippen molar-refractivity contribution in [3.05, 3.63) is 28.3 Å². The Hall–Kier alpha value is -2.35. The maximum Gasteiger partial charge on any atom is 0.296 e. The summed E-state index contributed by atoms with van der Waals surface area (Å²) < 4.78 is 4.99.